The molecule has 0 unspecified atom stereocenters. The third-order valence-corrected chi connectivity index (χ3v) is 3.02. The van der Waals surface area contributed by atoms with Gasteiger partial charge in [-0.1, -0.05) is 11.6 Å². The van der Waals surface area contributed by atoms with Crippen LogP contribution in [0.4, 0.5) is 23.2 Å². The fraction of sp³-hybridized carbons (Fsp3) is 0.300. The van der Waals surface area contributed by atoms with E-state index in [1.807, 2.05) is 0 Å². The Morgan fingerprint density at radius 2 is 2.11 bits per heavy atom. The molecule has 0 aromatic heterocycles. The molecular weight excluding hydrogens is 306 g/mol. The van der Waals surface area contributed by atoms with E-state index in [1.54, 1.807) is 12.4 Å². The van der Waals surface area contributed by atoms with Crippen LogP contribution in [-0.2, 0) is 6.18 Å². The molecule has 0 saturated carbocycles. The predicted molar refractivity (Wildman–Crippen MR) is 65.9 cm³/mol. The van der Waals surface area contributed by atoms with E-state index in [4.69, 9.17) is 16.9 Å². The lowest BCUT2D eigenvalue weighted by Gasteiger charge is -2.16. The lowest BCUT2D eigenvalue weighted by Crippen LogP contribution is -2.18. The maximum absolute atomic E-state index is 13.3. The highest BCUT2D eigenvalue weighted by molar-refractivity contribution is 7.96. The van der Waals surface area contributed by atoms with Gasteiger partial charge in [0.2, 0.25) is 0 Å². The predicted octanol–water partition coefficient (Wildman–Crippen LogP) is 3.93. The standard InChI is InChI=1S/C10H8ClF4N3S/c1-19-18(4-16)5-17-6-2-7(10(13,14)15)9(12)8(11)3-6/h2-3,17H,5H2,1H3. The van der Waals surface area contributed by atoms with Gasteiger partial charge < -0.3 is 5.32 Å². The van der Waals surface area contributed by atoms with Crippen molar-refractivity contribution in [2.75, 3.05) is 18.2 Å². The SMILES string of the molecule is CSN(C#N)CNc1cc(Cl)c(F)c(C(F)(F)F)c1. The van der Waals surface area contributed by atoms with Crippen molar-refractivity contribution in [3.05, 3.63) is 28.5 Å². The van der Waals surface area contributed by atoms with Gasteiger partial charge in [-0.25, -0.2) is 8.70 Å². The van der Waals surface area contributed by atoms with Crippen molar-refractivity contribution < 1.29 is 17.6 Å². The van der Waals surface area contributed by atoms with Crippen molar-refractivity contribution in [3.8, 4) is 6.19 Å². The van der Waals surface area contributed by atoms with Crippen LogP contribution in [0.2, 0.25) is 5.02 Å². The highest BCUT2D eigenvalue weighted by Crippen LogP contribution is 2.36. The number of hydrogen-bond acceptors (Lipinski definition) is 4. The van der Waals surface area contributed by atoms with E-state index in [0.717, 1.165) is 18.0 Å². The molecule has 0 aliphatic heterocycles. The molecule has 0 radical (unpaired) electrons. The van der Waals surface area contributed by atoms with Crippen LogP contribution in [0.1, 0.15) is 5.56 Å². The summed E-state index contributed by atoms with van der Waals surface area (Å²) < 4.78 is 52.1. The van der Waals surface area contributed by atoms with Gasteiger partial charge in [0, 0.05) is 11.9 Å². The molecule has 0 saturated heterocycles. The summed E-state index contributed by atoms with van der Waals surface area (Å²) in [5, 5.41) is 10.6. The maximum atomic E-state index is 13.3. The van der Waals surface area contributed by atoms with E-state index < -0.39 is 22.6 Å². The molecule has 104 valence electrons. The molecule has 9 heteroatoms. The zero-order valence-corrected chi connectivity index (χ0v) is 11.1. The summed E-state index contributed by atoms with van der Waals surface area (Å²) in [6, 6.07) is 1.64. The summed E-state index contributed by atoms with van der Waals surface area (Å²) in [5.41, 5.74) is -1.47. The number of anilines is 1. The van der Waals surface area contributed by atoms with Crippen LogP contribution in [0, 0.1) is 17.3 Å². The number of halogens is 5. The van der Waals surface area contributed by atoms with Crippen LogP contribution in [0.5, 0.6) is 0 Å². The molecule has 1 aromatic rings. The molecule has 0 amide bonds. The van der Waals surface area contributed by atoms with Crippen molar-refractivity contribution in [1.29, 1.82) is 5.26 Å². The van der Waals surface area contributed by atoms with Gasteiger partial charge in [-0.05, 0) is 24.1 Å². The number of rotatable bonds is 4. The van der Waals surface area contributed by atoms with Crippen molar-refractivity contribution in [1.82, 2.24) is 4.31 Å². The van der Waals surface area contributed by atoms with Gasteiger partial charge in [-0.15, -0.1) is 0 Å². The zero-order valence-electron chi connectivity index (χ0n) is 9.55. The summed E-state index contributed by atoms with van der Waals surface area (Å²) in [5.74, 6) is -1.51. The van der Waals surface area contributed by atoms with Crippen LogP contribution in [0.25, 0.3) is 0 Å². The molecule has 0 fully saturated rings. The lowest BCUT2D eigenvalue weighted by molar-refractivity contribution is -0.139. The fourth-order valence-corrected chi connectivity index (χ4v) is 1.70. The van der Waals surface area contributed by atoms with Gasteiger partial charge >= 0.3 is 6.18 Å². The van der Waals surface area contributed by atoms with E-state index in [9.17, 15) is 17.6 Å². The Morgan fingerprint density at radius 3 is 2.58 bits per heavy atom. The Balaban J connectivity index is 2.99. The topological polar surface area (TPSA) is 39.1 Å². The Bertz CT molecular complexity index is 501. The first-order valence-corrected chi connectivity index (χ1v) is 6.37. The second kappa shape index (κ2) is 6.21. The molecule has 0 aliphatic rings. The minimum absolute atomic E-state index is 0.0203. The van der Waals surface area contributed by atoms with Crippen molar-refractivity contribution >= 4 is 29.2 Å². The van der Waals surface area contributed by atoms with Crippen LogP contribution in [0.3, 0.4) is 0 Å². The highest BCUT2D eigenvalue weighted by Gasteiger charge is 2.35. The van der Waals surface area contributed by atoms with E-state index >= 15 is 0 Å². The fourth-order valence-electron chi connectivity index (χ4n) is 1.20. The monoisotopic (exact) mass is 313 g/mol. The second-order valence-corrected chi connectivity index (χ2v) is 4.53. The molecule has 0 aliphatic carbocycles. The minimum Gasteiger partial charge on any atom is -0.366 e. The molecule has 1 aromatic carbocycles. The maximum Gasteiger partial charge on any atom is 0.419 e. The van der Waals surface area contributed by atoms with Gasteiger partial charge in [0.15, 0.2) is 12.0 Å². The van der Waals surface area contributed by atoms with E-state index in [1.165, 1.54) is 4.31 Å². The molecule has 0 spiro atoms. The summed E-state index contributed by atoms with van der Waals surface area (Å²) in [7, 11) is 0. The Hall–Kier alpha value is -1.33. The quantitative estimate of drug-likeness (QED) is 0.300. The van der Waals surface area contributed by atoms with Crippen LogP contribution in [-0.4, -0.2) is 17.2 Å². The van der Waals surface area contributed by atoms with E-state index in [2.05, 4.69) is 5.32 Å². The van der Waals surface area contributed by atoms with Crippen LogP contribution >= 0.6 is 23.5 Å². The third kappa shape index (κ3) is 4.08. The molecule has 1 N–H and O–H groups in total. The number of benzene rings is 1. The molecule has 1 rings (SSSR count). The van der Waals surface area contributed by atoms with E-state index in [0.29, 0.717) is 6.07 Å². The lowest BCUT2D eigenvalue weighted by atomic mass is 10.2. The van der Waals surface area contributed by atoms with Gasteiger partial charge in [0.1, 0.15) is 6.67 Å². The van der Waals surface area contributed by atoms with Gasteiger partial charge in [0.05, 0.1) is 10.6 Å². The van der Waals surface area contributed by atoms with Gasteiger partial charge in [0.25, 0.3) is 0 Å². The second-order valence-electron chi connectivity index (χ2n) is 3.31. The third-order valence-electron chi connectivity index (χ3n) is 2.09. The summed E-state index contributed by atoms with van der Waals surface area (Å²) in [4.78, 5) is 0. The first-order valence-electron chi connectivity index (χ1n) is 4.81. The van der Waals surface area contributed by atoms with E-state index in [-0.39, 0.29) is 12.4 Å². The van der Waals surface area contributed by atoms with Crippen molar-refractivity contribution in [3.63, 3.8) is 0 Å². The van der Waals surface area contributed by atoms with Gasteiger partial charge in [-0.3, -0.25) is 0 Å². The molecule has 3 nitrogen and oxygen atoms in total. The Kier molecular flexibility index (Phi) is 5.14. The number of nitrogens with one attached hydrogen (secondary N) is 1. The average Bonchev–Trinajstić information content (AvgIpc) is 2.33. The highest BCUT2D eigenvalue weighted by atomic mass is 35.5. The van der Waals surface area contributed by atoms with Gasteiger partial charge in [-0.2, -0.15) is 18.4 Å². The minimum atomic E-state index is -4.83. The summed E-state index contributed by atoms with van der Waals surface area (Å²) >= 11 is 6.50. The van der Waals surface area contributed by atoms with Crippen LogP contribution < -0.4 is 5.32 Å². The largest absolute Gasteiger partial charge is 0.419 e. The summed E-state index contributed by atoms with van der Waals surface area (Å²) in [6.07, 6.45) is -1.41. The summed E-state index contributed by atoms with van der Waals surface area (Å²) in [6.45, 7) is -0.0308. The van der Waals surface area contributed by atoms with Crippen LogP contribution in [0.15, 0.2) is 12.1 Å². The first kappa shape index (κ1) is 15.7. The number of nitrogens with zero attached hydrogens (tertiary/aromatic N) is 2. The Labute approximate surface area is 116 Å². The van der Waals surface area contributed by atoms with Crippen molar-refractivity contribution in [2.24, 2.45) is 0 Å². The number of nitriles is 1. The Morgan fingerprint density at radius 1 is 1.47 bits per heavy atom. The molecule has 0 bridgehead atoms. The molecule has 19 heavy (non-hydrogen) atoms. The molecule has 0 heterocycles. The number of hydrogen-bond donors (Lipinski definition) is 1. The molecule has 0 atom stereocenters. The normalized spacial score (nSPS) is 11.0. The number of alkyl halides is 3. The van der Waals surface area contributed by atoms with Crippen molar-refractivity contribution in [2.45, 2.75) is 6.18 Å². The molecular formula is C10H8ClF4N3S. The zero-order chi connectivity index (χ0) is 14.6. The smallest absolute Gasteiger partial charge is 0.366 e. The average molecular weight is 314 g/mol. The first-order chi connectivity index (χ1) is 8.79.